The van der Waals surface area contributed by atoms with Crippen LogP contribution in [0.25, 0.3) is 0 Å². The molecule has 0 aliphatic heterocycles. The van der Waals surface area contributed by atoms with Crippen LogP contribution in [0.1, 0.15) is 36.1 Å². The molecule has 0 aromatic heterocycles. The van der Waals surface area contributed by atoms with Crippen molar-refractivity contribution in [1.82, 2.24) is 10.2 Å². The molecule has 2 amide bonds. The quantitative estimate of drug-likeness (QED) is 0.344. The van der Waals surface area contributed by atoms with Crippen LogP contribution in [0.2, 0.25) is 10.0 Å². The van der Waals surface area contributed by atoms with Gasteiger partial charge in [-0.05, 0) is 68.1 Å². The van der Waals surface area contributed by atoms with E-state index in [9.17, 15) is 9.59 Å². The van der Waals surface area contributed by atoms with Gasteiger partial charge in [-0.25, -0.2) is 0 Å². The Morgan fingerprint density at radius 2 is 1.64 bits per heavy atom. The Labute approximate surface area is 223 Å². The molecule has 190 valence electrons. The number of ether oxygens (including phenoxy) is 1. The first kappa shape index (κ1) is 27.6. The van der Waals surface area contributed by atoms with Crippen molar-refractivity contribution in [3.05, 3.63) is 99.0 Å². The van der Waals surface area contributed by atoms with E-state index in [0.29, 0.717) is 22.2 Å². The Kier molecular flexibility index (Phi) is 9.80. The Morgan fingerprint density at radius 3 is 2.31 bits per heavy atom. The summed E-state index contributed by atoms with van der Waals surface area (Å²) >= 11 is 12.4. The number of nitrogens with zero attached hydrogens (tertiary/aromatic N) is 1. The van der Waals surface area contributed by atoms with E-state index in [1.807, 2.05) is 76.2 Å². The highest BCUT2D eigenvalue weighted by Gasteiger charge is 2.31. The normalized spacial score (nSPS) is 11.8. The molecule has 0 heterocycles. The Bertz CT molecular complexity index is 1200. The van der Waals surface area contributed by atoms with Crippen LogP contribution < -0.4 is 10.1 Å². The third-order valence-corrected chi connectivity index (χ3v) is 6.68. The molecular formula is C29H32Cl2N2O3. The maximum atomic E-state index is 13.7. The fourth-order valence-electron chi connectivity index (χ4n) is 3.87. The minimum absolute atomic E-state index is 0.0797. The third-order valence-electron chi connectivity index (χ3n) is 5.95. The Hall–Kier alpha value is -3.02. The molecule has 5 nitrogen and oxygen atoms in total. The zero-order valence-corrected chi connectivity index (χ0v) is 22.6. The van der Waals surface area contributed by atoms with Gasteiger partial charge in [0.15, 0.2) is 6.61 Å². The molecule has 0 saturated carbocycles. The van der Waals surface area contributed by atoms with E-state index in [2.05, 4.69) is 5.32 Å². The molecule has 36 heavy (non-hydrogen) atoms. The zero-order chi connectivity index (χ0) is 26.2. The van der Waals surface area contributed by atoms with Crippen LogP contribution in [-0.2, 0) is 22.6 Å². The van der Waals surface area contributed by atoms with Crippen molar-refractivity contribution in [2.75, 3.05) is 6.61 Å². The van der Waals surface area contributed by atoms with Gasteiger partial charge in [-0.15, -0.1) is 0 Å². The van der Waals surface area contributed by atoms with Crippen LogP contribution in [-0.4, -0.2) is 35.4 Å². The Morgan fingerprint density at radius 1 is 0.917 bits per heavy atom. The molecule has 0 unspecified atom stereocenters. The number of aryl methyl sites for hydroxylation is 1. The summed E-state index contributed by atoms with van der Waals surface area (Å²) in [4.78, 5) is 28.6. The number of carbonyl (C=O) groups excluding carboxylic acids is 2. The van der Waals surface area contributed by atoms with Crippen LogP contribution in [0.15, 0.2) is 66.7 Å². The first-order chi connectivity index (χ1) is 17.2. The number of nitrogens with one attached hydrogen (secondary N) is 1. The van der Waals surface area contributed by atoms with Gasteiger partial charge >= 0.3 is 0 Å². The minimum atomic E-state index is -0.751. The van der Waals surface area contributed by atoms with Gasteiger partial charge in [0.25, 0.3) is 5.91 Å². The first-order valence-corrected chi connectivity index (χ1v) is 12.7. The van der Waals surface area contributed by atoms with Gasteiger partial charge in [0.2, 0.25) is 5.91 Å². The molecule has 0 radical (unpaired) electrons. The molecule has 0 bridgehead atoms. The van der Waals surface area contributed by atoms with Gasteiger partial charge in [-0.1, -0.05) is 71.7 Å². The van der Waals surface area contributed by atoms with Crippen LogP contribution >= 0.6 is 23.2 Å². The topological polar surface area (TPSA) is 58.6 Å². The lowest BCUT2D eigenvalue weighted by molar-refractivity contribution is -0.143. The summed E-state index contributed by atoms with van der Waals surface area (Å²) in [5, 5.41) is 3.79. The van der Waals surface area contributed by atoms with E-state index < -0.39 is 6.04 Å². The van der Waals surface area contributed by atoms with E-state index in [1.165, 1.54) is 0 Å². The van der Waals surface area contributed by atoms with Crippen molar-refractivity contribution in [3.63, 3.8) is 0 Å². The average Bonchev–Trinajstić information content (AvgIpc) is 2.84. The van der Waals surface area contributed by atoms with E-state index in [4.69, 9.17) is 27.9 Å². The lowest BCUT2D eigenvalue weighted by atomic mass is 10.0. The van der Waals surface area contributed by atoms with Gasteiger partial charge < -0.3 is 15.0 Å². The van der Waals surface area contributed by atoms with Gasteiger partial charge in [0.05, 0.1) is 10.0 Å². The predicted octanol–water partition coefficient (Wildman–Crippen LogP) is 6.15. The standard InChI is InChI=1S/C29H32Cl2N2O3/c1-19(2)32-29(35)26(16-22-10-6-5-7-11-22)33(17-23-13-14-24(30)25(31)15-23)28(34)18-36-27-12-8-9-20(3)21(27)4/h5-15,19,26H,16-18H2,1-4H3,(H,32,35)/t26-/m1/s1. The molecule has 0 aliphatic rings. The number of amides is 2. The van der Waals surface area contributed by atoms with Crippen LogP contribution in [0, 0.1) is 13.8 Å². The minimum Gasteiger partial charge on any atom is -0.483 e. The SMILES string of the molecule is Cc1cccc(OCC(=O)N(Cc2ccc(Cl)c(Cl)c2)[C@H](Cc2ccccc2)C(=O)NC(C)C)c1C. The monoisotopic (exact) mass is 526 g/mol. The maximum absolute atomic E-state index is 13.7. The lowest BCUT2D eigenvalue weighted by Crippen LogP contribution is -2.52. The molecule has 0 spiro atoms. The second-order valence-corrected chi connectivity index (χ2v) is 9.94. The predicted molar refractivity (Wildman–Crippen MR) is 146 cm³/mol. The van der Waals surface area contributed by atoms with E-state index in [0.717, 1.165) is 22.3 Å². The zero-order valence-electron chi connectivity index (χ0n) is 21.1. The highest BCUT2D eigenvalue weighted by Crippen LogP contribution is 2.25. The number of benzene rings is 3. The summed E-state index contributed by atoms with van der Waals surface area (Å²) in [5.74, 6) is 0.111. The third kappa shape index (κ3) is 7.49. The summed E-state index contributed by atoms with van der Waals surface area (Å²) in [7, 11) is 0. The molecule has 3 rings (SSSR count). The van der Waals surface area contributed by atoms with Crippen molar-refractivity contribution in [2.45, 2.75) is 52.7 Å². The number of rotatable bonds is 10. The maximum Gasteiger partial charge on any atom is 0.261 e. The molecule has 1 atom stereocenters. The highest BCUT2D eigenvalue weighted by atomic mass is 35.5. The van der Waals surface area contributed by atoms with E-state index in [1.54, 1.807) is 23.1 Å². The van der Waals surface area contributed by atoms with Crippen molar-refractivity contribution in [1.29, 1.82) is 0 Å². The molecule has 3 aromatic carbocycles. The van der Waals surface area contributed by atoms with Gasteiger partial charge in [0.1, 0.15) is 11.8 Å². The summed E-state index contributed by atoms with van der Waals surface area (Å²) in [6, 6.07) is 19.8. The van der Waals surface area contributed by atoms with Gasteiger partial charge in [0, 0.05) is 19.0 Å². The molecule has 3 aromatic rings. The number of hydrogen-bond donors (Lipinski definition) is 1. The molecule has 0 aliphatic carbocycles. The summed E-state index contributed by atoms with van der Waals surface area (Å²) in [6.07, 6.45) is 0.357. The molecule has 1 N–H and O–H groups in total. The van der Waals surface area contributed by atoms with Crippen molar-refractivity contribution in [3.8, 4) is 5.75 Å². The number of carbonyl (C=O) groups is 2. The fraction of sp³-hybridized carbons (Fsp3) is 0.310. The van der Waals surface area contributed by atoms with Crippen molar-refractivity contribution in [2.24, 2.45) is 0 Å². The summed E-state index contributed by atoms with van der Waals surface area (Å²) in [5.41, 5.74) is 3.76. The number of hydrogen-bond acceptors (Lipinski definition) is 3. The molecule has 0 fully saturated rings. The molecule has 7 heteroatoms. The van der Waals surface area contributed by atoms with Crippen molar-refractivity contribution >= 4 is 35.0 Å². The fourth-order valence-corrected chi connectivity index (χ4v) is 4.19. The van der Waals surface area contributed by atoms with Crippen LogP contribution in [0.4, 0.5) is 0 Å². The average molecular weight is 527 g/mol. The summed E-state index contributed by atoms with van der Waals surface area (Å²) in [6.45, 7) is 7.71. The highest BCUT2D eigenvalue weighted by molar-refractivity contribution is 6.42. The van der Waals surface area contributed by atoms with Crippen LogP contribution in [0.5, 0.6) is 5.75 Å². The lowest BCUT2D eigenvalue weighted by Gasteiger charge is -2.32. The number of halogens is 2. The van der Waals surface area contributed by atoms with Crippen LogP contribution in [0.3, 0.4) is 0 Å². The second-order valence-electron chi connectivity index (χ2n) is 9.13. The van der Waals surface area contributed by atoms with Crippen molar-refractivity contribution < 1.29 is 14.3 Å². The molecular weight excluding hydrogens is 495 g/mol. The second kappa shape index (κ2) is 12.8. The van der Waals surface area contributed by atoms with E-state index in [-0.39, 0.29) is 31.0 Å². The first-order valence-electron chi connectivity index (χ1n) is 11.9. The smallest absolute Gasteiger partial charge is 0.261 e. The largest absolute Gasteiger partial charge is 0.483 e. The van der Waals surface area contributed by atoms with Gasteiger partial charge in [-0.2, -0.15) is 0 Å². The Balaban J connectivity index is 1.94. The van der Waals surface area contributed by atoms with Gasteiger partial charge in [-0.3, -0.25) is 9.59 Å². The molecule has 0 saturated heterocycles. The van der Waals surface area contributed by atoms with E-state index >= 15 is 0 Å². The summed E-state index contributed by atoms with van der Waals surface area (Å²) < 4.78 is 5.93.